The number of non-ortho nitro benzene ring substituents is 1. The Morgan fingerprint density at radius 1 is 1.03 bits per heavy atom. The Hall–Kier alpha value is -4.35. The quantitative estimate of drug-likeness (QED) is 0.331. The van der Waals surface area contributed by atoms with Crippen LogP contribution in [0.4, 0.5) is 17.1 Å². The van der Waals surface area contributed by atoms with Crippen molar-refractivity contribution in [3.8, 4) is 5.69 Å². The number of carbonyl (C=O) groups excluding carboxylic acids is 1. The first-order valence-corrected chi connectivity index (χ1v) is 8.35. The molecule has 0 atom stereocenters. The van der Waals surface area contributed by atoms with Crippen LogP contribution in [0.2, 0.25) is 0 Å². The molecule has 3 aromatic rings. The predicted molar refractivity (Wildman–Crippen MR) is 102 cm³/mol. The lowest BCUT2D eigenvalue weighted by Crippen LogP contribution is -2.28. The standard InChI is InChI=1S/C17H15N7O5/c25-17(20-8-7-19-13-2-4-14(5-3-13)23(26)27)12-1-6-15(16(9-12)24(28)29)22-11-18-10-21-22/h1-6,9-11,19H,7-8H2,(H,20,25). The Bertz CT molecular complexity index is 1030. The van der Waals surface area contributed by atoms with E-state index in [0.29, 0.717) is 12.2 Å². The smallest absolute Gasteiger partial charge is 0.295 e. The number of hydrogen-bond donors (Lipinski definition) is 2. The Balaban J connectivity index is 1.58. The van der Waals surface area contributed by atoms with Gasteiger partial charge in [-0.2, -0.15) is 5.10 Å². The highest BCUT2D eigenvalue weighted by Crippen LogP contribution is 2.23. The zero-order chi connectivity index (χ0) is 20.8. The zero-order valence-electron chi connectivity index (χ0n) is 14.9. The van der Waals surface area contributed by atoms with Crippen molar-refractivity contribution in [3.63, 3.8) is 0 Å². The molecule has 148 valence electrons. The minimum absolute atomic E-state index is 0.0141. The molecule has 0 aliphatic carbocycles. The summed E-state index contributed by atoms with van der Waals surface area (Å²) in [5.74, 6) is -0.469. The van der Waals surface area contributed by atoms with Gasteiger partial charge < -0.3 is 10.6 Å². The number of benzene rings is 2. The van der Waals surface area contributed by atoms with E-state index in [1.165, 1.54) is 47.7 Å². The third-order valence-corrected chi connectivity index (χ3v) is 3.92. The summed E-state index contributed by atoms with van der Waals surface area (Å²) in [5, 5.41) is 31.5. The van der Waals surface area contributed by atoms with Crippen molar-refractivity contribution >= 4 is 23.0 Å². The fraction of sp³-hybridized carbons (Fsp3) is 0.118. The van der Waals surface area contributed by atoms with Crippen LogP contribution < -0.4 is 10.6 Å². The third-order valence-electron chi connectivity index (χ3n) is 3.92. The molecule has 29 heavy (non-hydrogen) atoms. The lowest BCUT2D eigenvalue weighted by molar-refractivity contribution is -0.384. The molecule has 0 bridgehead atoms. The maximum Gasteiger partial charge on any atom is 0.295 e. The van der Waals surface area contributed by atoms with E-state index < -0.39 is 15.8 Å². The average molecular weight is 397 g/mol. The summed E-state index contributed by atoms with van der Waals surface area (Å²) in [7, 11) is 0. The summed E-state index contributed by atoms with van der Waals surface area (Å²) < 4.78 is 1.24. The summed E-state index contributed by atoms with van der Waals surface area (Å²) in [4.78, 5) is 36.9. The number of amides is 1. The molecule has 0 radical (unpaired) electrons. The molecule has 0 saturated heterocycles. The van der Waals surface area contributed by atoms with Crippen molar-refractivity contribution in [2.45, 2.75) is 0 Å². The summed E-state index contributed by atoms with van der Waals surface area (Å²) in [6.45, 7) is 0.608. The van der Waals surface area contributed by atoms with Crippen molar-refractivity contribution in [1.82, 2.24) is 20.1 Å². The highest BCUT2D eigenvalue weighted by atomic mass is 16.6. The van der Waals surface area contributed by atoms with Crippen LogP contribution in [0.15, 0.2) is 55.1 Å². The molecule has 12 nitrogen and oxygen atoms in total. The van der Waals surface area contributed by atoms with Gasteiger partial charge >= 0.3 is 0 Å². The summed E-state index contributed by atoms with van der Waals surface area (Å²) in [5.41, 5.74) is 0.712. The normalized spacial score (nSPS) is 10.3. The Morgan fingerprint density at radius 3 is 2.41 bits per heavy atom. The topological polar surface area (TPSA) is 158 Å². The first-order chi connectivity index (χ1) is 14.0. The van der Waals surface area contributed by atoms with Gasteiger partial charge in [-0.25, -0.2) is 9.67 Å². The van der Waals surface area contributed by atoms with E-state index in [2.05, 4.69) is 20.7 Å². The van der Waals surface area contributed by atoms with E-state index in [9.17, 15) is 25.0 Å². The van der Waals surface area contributed by atoms with E-state index >= 15 is 0 Å². The lowest BCUT2D eigenvalue weighted by Gasteiger charge is -2.09. The second-order valence-corrected chi connectivity index (χ2v) is 5.79. The molecule has 2 aromatic carbocycles. The van der Waals surface area contributed by atoms with Crippen LogP contribution in [0.25, 0.3) is 5.69 Å². The maximum atomic E-state index is 12.3. The molecule has 1 aromatic heterocycles. The number of nitro groups is 2. The maximum absolute atomic E-state index is 12.3. The number of aromatic nitrogens is 3. The first kappa shape index (κ1) is 19.4. The molecule has 1 heterocycles. The lowest BCUT2D eigenvalue weighted by atomic mass is 10.1. The number of anilines is 1. The van der Waals surface area contributed by atoms with E-state index in [4.69, 9.17) is 0 Å². The monoisotopic (exact) mass is 397 g/mol. The predicted octanol–water partition coefficient (Wildman–Crippen LogP) is 1.93. The van der Waals surface area contributed by atoms with E-state index in [0.717, 1.165) is 0 Å². The van der Waals surface area contributed by atoms with Crippen LogP contribution in [-0.2, 0) is 0 Å². The number of nitrogens with one attached hydrogen (secondary N) is 2. The van der Waals surface area contributed by atoms with Crippen LogP contribution in [0.3, 0.4) is 0 Å². The van der Waals surface area contributed by atoms with E-state index in [1.54, 1.807) is 12.1 Å². The highest BCUT2D eigenvalue weighted by Gasteiger charge is 2.19. The Morgan fingerprint density at radius 2 is 1.79 bits per heavy atom. The number of carbonyl (C=O) groups is 1. The van der Waals surface area contributed by atoms with Gasteiger partial charge in [-0.15, -0.1) is 0 Å². The van der Waals surface area contributed by atoms with Gasteiger partial charge in [-0.05, 0) is 24.3 Å². The summed E-state index contributed by atoms with van der Waals surface area (Å²) >= 11 is 0. The number of rotatable bonds is 8. The molecule has 1 amide bonds. The van der Waals surface area contributed by atoms with Crippen molar-refractivity contribution in [2.75, 3.05) is 18.4 Å². The molecule has 0 fully saturated rings. The highest BCUT2D eigenvalue weighted by molar-refractivity contribution is 5.95. The van der Waals surface area contributed by atoms with Gasteiger partial charge in [0.1, 0.15) is 18.3 Å². The first-order valence-electron chi connectivity index (χ1n) is 8.35. The van der Waals surface area contributed by atoms with Crippen LogP contribution in [0.1, 0.15) is 10.4 Å². The zero-order valence-corrected chi connectivity index (χ0v) is 14.9. The second kappa shape index (κ2) is 8.56. The van der Waals surface area contributed by atoms with Gasteiger partial charge in [-0.3, -0.25) is 25.0 Å². The minimum atomic E-state index is -0.593. The second-order valence-electron chi connectivity index (χ2n) is 5.79. The van der Waals surface area contributed by atoms with Crippen LogP contribution in [0.5, 0.6) is 0 Å². The fourth-order valence-corrected chi connectivity index (χ4v) is 2.52. The van der Waals surface area contributed by atoms with Crippen molar-refractivity contribution in [3.05, 3.63) is 80.9 Å². The Labute approximate surface area is 163 Å². The SMILES string of the molecule is O=C(NCCNc1ccc([N+](=O)[O-])cc1)c1ccc(-n2cncn2)c([N+](=O)[O-])c1. The van der Waals surface area contributed by atoms with Crippen LogP contribution in [-0.4, -0.2) is 43.6 Å². The van der Waals surface area contributed by atoms with Gasteiger partial charge in [0, 0.05) is 42.5 Å². The molecule has 0 aliphatic heterocycles. The fourth-order valence-electron chi connectivity index (χ4n) is 2.52. The third kappa shape index (κ3) is 4.68. The molecule has 0 aliphatic rings. The van der Waals surface area contributed by atoms with Crippen LogP contribution >= 0.6 is 0 Å². The van der Waals surface area contributed by atoms with Gasteiger partial charge in [0.25, 0.3) is 17.3 Å². The molecule has 0 spiro atoms. The van der Waals surface area contributed by atoms with Crippen molar-refractivity contribution < 1.29 is 14.6 Å². The number of nitro benzene ring substituents is 2. The van der Waals surface area contributed by atoms with Crippen molar-refractivity contribution in [1.29, 1.82) is 0 Å². The molecule has 0 saturated carbocycles. The van der Waals surface area contributed by atoms with E-state index in [1.807, 2.05) is 0 Å². The van der Waals surface area contributed by atoms with Gasteiger partial charge in [0.05, 0.1) is 9.85 Å². The number of nitrogens with zero attached hydrogens (tertiary/aromatic N) is 5. The van der Waals surface area contributed by atoms with Gasteiger partial charge in [0.15, 0.2) is 0 Å². The number of hydrogen-bond acceptors (Lipinski definition) is 8. The Kier molecular flexibility index (Phi) is 5.73. The van der Waals surface area contributed by atoms with E-state index in [-0.39, 0.29) is 29.2 Å². The molecule has 2 N–H and O–H groups in total. The average Bonchev–Trinajstić information content (AvgIpc) is 3.25. The summed E-state index contributed by atoms with van der Waals surface area (Å²) in [6.07, 6.45) is 2.58. The minimum Gasteiger partial charge on any atom is -0.383 e. The van der Waals surface area contributed by atoms with Gasteiger partial charge in [-0.1, -0.05) is 0 Å². The molecule has 12 heteroatoms. The largest absolute Gasteiger partial charge is 0.383 e. The van der Waals surface area contributed by atoms with Gasteiger partial charge in [0.2, 0.25) is 0 Å². The van der Waals surface area contributed by atoms with Crippen molar-refractivity contribution in [2.24, 2.45) is 0 Å². The molecular formula is C17H15N7O5. The molecule has 0 unspecified atom stereocenters. The molecule has 3 rings (SSSR count). The molecular weight excluding hydrogens is 382 g/mol. The van der Waals surface area contributed by atoms with Crippen LogP contribution in [0, 0.1) is 20.2 Å². The summed E-state index contributed by atoms with van der Waals surface area (Å²) in [6, 6.07) is 9.93.